The number of hydrogen-bond acceptors (Lipinski definition) is 8. The zero-order valence-corrected chi connectivity index (χ0v) is 11.6. The predicted octanol–water partition coefficient (Wildman–Crippen LogP) is 1.11. The van der Waals surface area contributed by atoms with E-state index in [1.807, 2.05) is 19.9 Å². The lowest BCUT2D eigenvalue weighted by atomic mass is 10.2. The molecular formula is C11H17N7O2. The van der Waals surface area contributed by atoms with E-state index in [-0.39, 0.29) is 35.6 Å². The van der Waals surface area contributed by atoms with Gasteiger partial charge in [-0.25, -0.2) is 10.8 Å². The summed E-state index contributed by atoms with van der Waals surface area (Å²) in [5.74, 6) is 5.54. The SMILES string of the molecule is Cc1nc(NN)nc(N(CCC#N)C(C)C)c1[N+](=O)[O-]. The van der Waals surface area contributed by atoms with Crippen LogP contribution in [0.4, 0.5) is 17.5 Å². The third kappa shape index (κ3) is 3.30. The van der Waals surface area contributed by atoms with Crippen LogP contribution in [0, 0.1) is 28.4 Å². The first-order chi connectivity index (χ1) is 9.42. The predicted molar refractivity (Wildman–Crippen MR) is 73.9 cm³/mol. The Morgan fingerprint density at radius 1 is 1.55 bits per heavy atom. The summed E-state index contributed by atoms with van der Waals surface area (Å²) in [6.07, 6.45) is 0.240. The number of hydrazine groups is 1. The van der Waals surface area contributed by atoms with E-state index >= 15 is 0 Å². The summed E-state index contributed by atoms with van der Waals surface area (Å²) in [5.41, 5.74) is 2.34. The summed E-state index contributed by atoms with van der Waals surface area (Å²) < 4.78 is 0. The smallest absolute Gasteiger partial charge is 0.332 e. The molecule has 9 heteroatoms. The van der Waals surface area contributed by atoms with E-state index in [0.717, 1.165) is 0 Å². The summed E-state index contributed by atoms with van der Waals surface area (Å²) in [6.45, 7) is 5.60. The number of aryl methyl sites for hydroxylation is 1. The van der Waals surface area contributed by atoms with E-state index in [0.29, 0.717) is 6.54 Å². The molecule has 1 aromatic heterocycles. The van der Waals surface area contributed by atoms with Crippen molar-refractivity contribution in [2.24, 2.45) is 5.84 Å². The molecule has 0 saturated carbocycles. The molecule has 1 heterocycles. The second-order valence-electron chi connectivity index (χ2n) is 4.40. The van der Waals surface area contributed by atoms with Gasteiger partial charge < -0.3 is 4.90 Å². The highest BCUT2D eigenvalue weighted by atomic mass is 16.6. The Labute approximate surface area is 116 Å². The van der Waals surface area contributed by atoms with Crippen LogP contribution in [0.1, 0.15) is 26.0 Å². The monoisotopic (exact) mass is 279 g/mol. The second kappa shape index (κ2) is 6.63. The summed E-state index contributed by atoms with van der Waals surface area (Å²) in [4.78, 5) is 20.4. The highest BCUT2D eigenvalue weighted by Crippen LogP contribution is 2.30. The Kier molecular flexibility index (Phi) is 5.16. The van der Waals surface area contributed by atoms with Crippen molar-refractivity contribution in [1.82, 2.24) is 9.97 Å². The molecule has 0 unspecified atom stereocenters. The number of nitrogens with zero attached hydrogens (tertiary/aromatic N) is 5. The fourth-order valence-corrected chi connectivity index (χ4v) is 1.81. The number of anilines is 2. The van der Waals surface area contributed by atoms with E-state index in [9.17, 15) is 10.1 Å². The van der Waals surface area contributed by atoms with Gasteiger partial charge in [0.2, 0.25) is 11.8 Å². The van der Waals surface area contributed by atoms with Gasteiger partial charge in [0.05, 0.1) is 17.4 Å². The third-order valence-electron chi connectivity index (χ3n) is 2.71. The van der Waals surface area contributed by atoms with Gasteiger partial charge in [-0.1, -0.05) is 0 Å². The van der Waals surface area contributed by atoms with E-state index in [1.54, 1.807) is 4.90 Å². The molecular weight excluding hydrogens is 262 g/mol. The largest absolute Gasteiger partial charge is 0.347 e. The quantitative estimate of drug-likeness (QED) is 0.449. The van der Waals surface area contributed by atoms with Gasteiger partial charge in [0.1, 0.15) is 5.69 Å². The number of nitrogen functional groups attached to an aromatic ring is 1. The fraction of sp³-hybridized carbons (Fsp3) is 0.545. The molecule has 20 heavy (non-hydrogen) atoms. The first-order valence-corrected chi connectivity index (χ1v) is 6.05. The lowest BCUT2D eigenvalue weighted by molar-refractivity contribution is -0.385. The van der Waals surface area contributed by atoms with E-state index < -0.39 is 4.92 Å². The number of nitrogens with two attached hydrogens (primary N) is 1. The van der Waals surface area contributed by atoms with Crippen LogP contribution in [0.15, 0.2) is 0 Å². The van der Waals surface area contributed by atoms with Crippen LogP contribution < -0.4 is 16.2 Å². The number of hydrogen-bond donors (Lipinski definition) is 2. The minimum absolute atomic E-state index is 0.0537. The Hall–Kier alpha value is -2.47. The highest BCUT2D eigenvalue weighted by molar-refractivity contribution is 5.62. The number of nitriles is 1. The van der Waals surface area contributed by atoms with Crippen LogP contribution in [-0.4, -0.2) is 27.5 Å². The van der Waals surface area contributed by atoms with E-state index in [1.165, 1.54) is 6.92 Å². The Balaban J connectivity index is 3.40. The Morgan fingerprint density at radius 3 is 2.65 bits per heavy atom. The zero-order valence-electron chi connectivity index (χ0n) is 11.6. The van der Waals surface area contributed by atoms with E-state index in [4.69, 9.17) is 11.1 Å². The van der Waals surface area contributed by atoms with Gasteiger partial charge in [0, 0.05) is 12.6 Å². The number of nitrogens with one attached hydrogen (secondary N) is 1. The van der Waals surface area contributed by atoms with Crippen LogP contribution in [-0.2, 0) is 0 Å². The van der Waals surface area contributed by atoms with Gasteiger partial charge in [-0.05, 0) is 20.8 Å². The Bertz CT molecular complexity index is 538. The minimum Gasteiger partial charge on any atom is -0.347 e. The van der Waals surface area contributed by atoms with Crippen molar-refractivity contribution >= 4 is 17.5 Å². The molecule has 108 valence electrons. The molecule has 0 aliphatic heterocycles. The van der Waals surface area contributed by atoms with Crippen LogP contribution in [0.3, 0.4) is 0 Å². The molecule has 0 aliphatic rings. The molecule has 9 nitrogen and oxygen atoms in total. The standard InChI is InChI=1S/C11H17N7O2/c1-7(2)17(6-4-5-12)10-9(18(19)20)8(3)14-11(15-10)16-13/h7H,4,6,13H2,1-3H3,(H,14,15,16). The maximum absolute atomic E-state index is 11.2. The van der Waals surface area contributed by atoms with Crippen molar-refractivity contribution < 1.29 is 4.92 Å². The molecule has 0 aromatic carbocycles. The highest BCUT2D eigenvalue weighted by Gasteiger charge is 2.27. The molecule has 0 aliphatic carbocycles. The Morgan fingerprint density at radius 2 is 2.20 bits per heavy atom. The lowest BCUT2D eigenvalue weighted by Crippen LogP contribution is -2.33. The first kappa shape index (κ1) is 15.6. The molecule has 3 N–H and O–H groups in total. The van der Waals surface area contributed by atoms with Gasteiger partial charge in [0.15, 0.2) is 0 Å². The summed E-state index contributed by atoms with van der Waals surface area (Å²) >= 11 is 0. The average Bonchev–Trinajstić information content (AvgIpc) is 2.37. The summed E-state index contributed by atoms with van der Waals surface area (Å²) in [7, 11) is 0. The van der Waals surface area contributed by atoms with Crippen LogP contribution in [0.25, 0.3) is 0 Å². The van der Waals surface area contributed by atoms with Crippen molar-refractivity contribution in [3.63, 3.8) is 0 Å². The molecule has 0 spiro atoms. The second-order valence-corrected chi connectivity index (χ2v) is 4.40. The van der Waals surface area contributed by atoms with Crippen LogP contribution in [0.5, 0.6) is 0 Å². The van der Waals surface area contributed by atoms with Gasteiger partial charge in [-0.2, -0.15) is 10.2 Å². The number of aromatic nitrogens is 2. The first-order valence-electron chi connectivity index (χ1n) is 6.05. The van der Waals surface area contributed by atoms with Gasteiger partial charge in [0.25, 0.3) is 0 Å². The van der Waals surface area contributed by atoms with Crippen molar-refractivity contribution in [2.45, 2.75) is 33.2 Å². The van der Waals surface area contributed by atoms with Crippen molar-refractivity contribution in [3.05, 3.63) is 15.8 Å². The third-order valence-corrected chi connectivity index (χ3v) is 2.71. The fourth-order valence-electron chi connectivity index (χ4n) is 1.81. The maximum atomic E-state index is 11.2. The average molecular weight is 279 g/mol. The molecule has 1 rings (SSSR count). The molecule has 1 aromatic rings. The van der Waals surface area contributed by atoms with Crippen LogP contribution in [0.2, 0.25) is 0 Å². The van der Waals surface area contributed by atoms with Crippen LogP contribution >= 0.6 is 0 Å². The summed E-state index contributed by atoms with van der Waals surface area (Å²) in [5, 5.41) is 19.9. The van der Waals surface area contributed by atoms with Gasteiger partial charge in [-0.3, -0.25) is 15.5 Å². The van der Waals surface area contributed by atoms with Crippen molar-refractivity contribution in [2.75, 3.05) is 16.9 Å². The zero-order chi connectivity index (χ0) is 15.3. The number of nitro groups is 1. The molecule has 0 radical (unpaired) electrons. The summed E-state index contributed by atoms with van der Waals surface area (Å²) in [6, 6.07) is 1.97. The topological polar surface area (TPSA) is 134 Å². The number of rotatable bonds is 6. The molecule has 0 fully saturated rings. The van der Waals surface area contributed by atoms with Crippen molar-refractivity contribution in [1.29, 1.82) is 5.26 Å². The minimum atomic E-state index is -0.521. The van der Waals surface area contributed by atoms with Gasteiger partial charge >= 0.3 is 5.69 Å². The molecule has 0 atom stereocenters. The van der Waals surface area contributed by atoms with E-state index in [2.05, 4.69) is 15.4 Å². The lowest BCUT2D eigenvalue weighted by Gasteiger charge is -2.27. The van der Waals surface area contributed by atoms with Crippen molar-refractivity contribution in [3.8, 4) is 6.07 Å². The molecule has 0 saturated heterocycles. The van der Waals surface area contributed by atoms with Gasteiger partial charge in [-0.15, -0.1) is 0 Å². The normalized spacial score (nSPS) is 10.2. The molecule has 0 amide bonds. The maximum Gasteiger partial charge on any atom is 0.332 e. The molecule has 0 bridgehead atoms.